The lowest BCUT2D eigenvalue weighted by Gasteiger charge is -2.27. The van der Waals surface area contributed by atoms with E-state index in [1.54, 1.807) is 0 Å². The minimum absolute atomic E-state index is 0.863. The van der Waals surface area contributed by atoms with E-state index in [-0.39, 0.29) is 0 Å². The number of nitrogens with zero attached hydrogens (tertiary/aromatic N) is 4. The Bertz CT molecular complexity index is 5610. The van der Waals surface area contributed by atoms with E-state index in [1.807, 2.05) is 0 Å². The van der Waals surface area contributed by atoms with E-state index in [0.29, 0.717) is 0 Å². The Morgan fingerprint density at radius 1 is 0.256 bits per heavy atom. The SMILES string of the molecule is Cc1ccc2c(oc3c(-c4ccccc4)cccc32)c1N(c1ccccc1)c1ccc2c3cccc4c5cc6c(cc5n(c2c1)c34)c1cccc2c3ccc(N(c4ccccc4)c4c(C)ccc5c4oc4c(-c7ccccc7)cccc45)cc3n6c21. The molecule has 0 amide bonds. The van der Waals surface area contributed by atoms with Crippen LogP contribution in [-0.4, -0.2) is 8.80 Å². The second-order valence-electron chi connectivity index (χ2n) is 23.2. The Morgan fingerprint density at radius 3 is 1.01 bits per heavy atom. The van der Waals surface area contributed by atoms with Gasteiger partial charge in [-0.2, -0.15) is 0 Å². The smallest absolute Gasteiger partial charge is 0.159 e. The van der Waals surface area contributed by atoms with E-state index in [4.69, 9.17) is 8.83 Å². The zero-order valence-corrected chi connectivity index (χ0v) is 47.0. The van der Waals surface area contributed by atoms with Gasteiger partial charge in [0.1, 0.15) is 11.2 Å². The third-order valence-corrected chi connectivity index (χ3v) is 18.6. The first-order valence-corrected chi connectivity index (χ1v) is 29.6. The molecule has 0 spiro atoms. The zero-order valence-electron chi connectivity index (χ0n) is 47.0. The van der Waals surface area contributed by atoms with Crippen molar-refractivity contribution in [1.82, 2.24) is 8.80 Å². The lowest BCUT2D eigenvalue weighted by molar-refractivity contribution is 0.669. The van der Waals surface area contributed by atoms with Crippen LogP contribution in [0.3, 0.4) is 0 Å². The lowest BCUT2D eigenvalue weighted by atomic mass is 10.0. The highest BCUT2D eigenvalue weighted by atomic mass is 16.3. The number of fused-ring (bicyclic) bond motifs is 18. The van der Waals surface area contributed by atoms with E-state index < -0.39 is 0 Å². The number of anilines is 6. The van der Waals surface area contributed by atoms with Crippen LogP contribution in [0.5, 0.6) is 0 Å². The first-order chi connectivity index (χ1) is 42.5. The largest absolute Gasteiger partial charge is 0.453 e. The molecule has 19 aromatic rings. The van der Waals surface area contributed by atoms with Crippen molar-refractivity contribution in [2.45, 2.75) is 13.8 Å². The standard InChI is InChI=1S/C80H50N4O2/c1-47-35-39-65-63-33-15-27-55(49-19-7-3-8-20-49)77(63)85-79(65)73(47)81(51-23-11-5-12-24-51)53-37-41-57-59-29-17-31-61-67-46-72-68(45-71(67)83(75(59)61)69(57)43-53)62-32-18-30-60-58-42-38-54(44-70(58)84(72)76(60)62)82(52-25-13-6-14-26-52)74-48(2)36-40-66-64-34-16-28-56(78(64)86-80(66)74)50-21-9-4-10-22-50/h3-46H,1-2H3. The van der Waals surface area contributed by atoms with E-state index in [2.05, 4.69) is 299 Å². The van der Waals surface area contributed by atoms with Gasteiger partial charge in [-0.25, -0.2) is 0 Å². The zero-order chi connectivity index (χ0) is 56.5. The van der Waals surface area contributed by atoms with Crippen molar-refractivity contribution >= 4 is 154 Å². The molecule has 6 aromatic heterocycles. The molecule has 0 fully saturated rings. The summed E-state index contributed by atoms with van der Waals surface area (Å²) in [4.78, 5) is 4.80. The Kier molecular flexibility index (Phi) is 9.65. The van der Waals surface area contributed by atoms with Crippen molar-refractivity contribution in [1.29, 1.82) is 0 Å². The van der Waals surface area contributed by atoms with Crippen molar-refractivity contribution in [2.75, 3.05) is 9.80 Å². The first-order valence-electron chi connectivity index (χ1n) is 29.6. The number of para-hydroxylation sites is 6. The molecule has 19 rings (SSSR count). The van der Waals surface area contributed by atoms with Gasteiger partial charge in [0.25, 0.3) is 0 Å². The number of hydrogen-bond donors (Lipinski definition) is 0. The highest BCUT2D eigenvalue weighted by Gasteiger charge is 2.28. The molecular formula is C80H50N4O2. The van der Waals surface area contributed by atoms with Gasteiger partial charge in [0.15, 0.2) is 11.2 Å². The van der Waals surface area contributed by atoms with Crippen LogP contribution >= 0.6 is 0 Å². The molecule has 0 N–H and O–H groups in total. The van der Waals surface area contributed by atoms with Gasteiger partial charge in [0, 0.05) is 98.5 Å². The van der Waals surface area contributed by atoms with E-state index in [9.17, 15) is 0 Å². The summed E-state index contributed by atoms with van der Waals surface area (Å²) < 4.78 is 19.4. The molecule has 0 aliphatic heterocycles. The van der Waals surface area contributed by atoms with Gasteiger partial charge in [-0.3, -0.25) is 0 Å². The van der Waals surface area contributed by atoms with Crippen LogP contribution in [0, 0.1) is 13.8 Å². The highest BCUT2D eigenvalue weighted by Crippen LogP contribution is 2.51. The number of benzene rings is 13. The second-order valence-corrected chi connectivity index (χ2v) is 23.2. The van der Waals surface area contributed by atoms with Crippen molar-refractivity contribution in [3.05, 3.63) is 278 Å². The topological polar surface area (TPSA) is 41.6 Å². The summed E-state index contributed by atoms with van der Waals surface area (Å²) >= 11 is 0. The average molecular weight is 1100 g/mol. The number of hydrogen-bond acceptors (Lipinski definition) is 4. The Morgan fingerprint density at radius 2 is 0.593 bits per heavy atom. The summed E-state index contributed by atoms with van der Waals surface area (Å²) in [6.45, 7) is 4.40. The number of aryl methyl sites for hydroxylation is 2. The summed E-state index contributed by atoms with van der Waals surface area (Å²) in [5, 5.41) is 14.2. The molecule has 13 aromatic carbocycles. The molecule has 86 heavy (non-hydrogen) atoms. The van der Waals surface area contributed by atoms with E-state index >= 15 is 0 Å². The molecule has 0 unspecified atom stereocenters. The summed E-state index contributed by atoms with van der Waals surface area (Å²) in [5.74, 6) is 0. The van der Waals surface area contributed by atoms with Crippen molar-refractivity contribution in [3.63, 3.8) is 0 Å². The minimum Gasteiger partial charge on any atom is -0.453 e. The molecule has 0 aliphatic carbocycles. The number of aromatic nitrogens is 2. The summed E-state index contributed by atoms with van der Waals surface area (Å²) in [5.41, 5.74) is 23.6. The van der Waals surface area contributed by atoms with Gasteiger partial charge in [0.05, 0.1) is 44.5 Å². The van der Waals surface area contributed by atoms with Gasteiger partial charge in [-0.15, -0.1) is 0 Å². The normalized spacial score (nSPS) is 12.3. The van der Waals surface area contributed by atoms with Crippen LogP contribution in [0.4, 0.5) is 34.1 Å². The van der Waals surface area contributed by atoms with Crippen LogP contribution in [0.2, 0.25) is 0 Å². The quantitative estimate of drug-likeness (QED) is 0.152. The predicted molar refractivity (Wildman–Crippen MR) is 360 cm³/mol. The summed E-state index contributed by atoms with van der Waals surface area (Å²) in [6, 6.07) is 97.3. The number of furan rings is 2. The van der Waals surface area contributed by atoms with Crippen LogP contribution < -0.4 is 9.80 Å². The van der Waals surface area contributed by atoms with Crippen LogP contribution in [0.15, 0.2) is 276 Å². The number of rotatable bonds is 8. The molecule has 6 nitrogen and oxygen atoms in total. The van der Waals surface area contributed by atoms with Crippen LogP contribution in [-0.2, 0) is 0 Å². The first kappa shape index (κ1) is 47.2. The van der Waals surface area contributed by atoms with Gasteiger partial charge in [-0.05, 0) is 96.8 Å². The van der Waals surface area contributed by atoms with Gasteiger partial charge in [-0.1, -0.05) is 206 Å². The minimum atomic E-state index is 0.863. The third-order valence-electron chi connectivity index (χ3n) is 18.6. The molecule has 0 bridgehead atoms. The molecule has 0 saturated heterocycles. The average Bonchev–Trinajstić information content (AvgIpc) is 2.12. The Balaban J connectivity index is 0.825. The third kappa shape index (κ3) is 6.44. The molecule has 0 atom stereocenters. The molecule has 6 heteroatoms. The van der Waals surface area contributed by atoms with Crippen LogP contribution in [0.1, 0.15) is 11.1 Å². The predicted octanol–water partition coefficient (Wildman–Crippen LogP) is 22.7. The fourth-order valence-corrected chi connectivity index (χ4v) is 14.8. The maximum absolute atomic E-state index is 7.17. The van der Waals surface area contributed by atoms with Gasteiger partial charge in [0.2, 0.25) is 0 Å². The van der Waals surface area contributed by atoms with Gasteiger partial charge >= 0.3 is 0 Å². The van der Waals surface area contributed by atoms with Crippen molar-refractivity contribution < 1.29 is 8.83 Å². The molecule has 0 aliphatic rings. The van der Waals surface area contributed by atoms with Crippen LogP contribution in [0.25, 0.3) is 142 Å². The lowest BCUT2D eigenvalue weighted by Crippen LogP contribution is -2.11. The van der Waals surface area contributed by atoms with E-state index in [1.165, 1.54) is 65.2 Å². The van der Waals surface area contributed by atoms with Crippen molar-refractivity contribution in [3.8, 4) is 22.3 Å². The second kappa shape index (κ2) is 17.6. The summed E-state index contributed by atoms with van der Waals surface area (Å²) in [6.07, 6.45) is 0. The Labute approximate surface area is 493 Å². The molecular weight excluding hydrogens is 1050 g/mol. The maximum Gasteiger partial charge on any atom is 0.159 e. The molecule has 0 radical (unpaired) electrons. The van der Waals surface area contributed by atoms with Gasteiger partial charge < -0.3 is 27.4 Å². The Hall–Kier alpha value is -11.3. The molecule has 0 saturated carbocycles. The highest BCUT2D eigenvalue weighted by molar-refractivity contribution is 6.29. The fraction of sp³-hybridized carbons (Fsp3) is 0.0250. The fourth-order valence-electron chi connectivity index (χ4n) is 14.8. The maximum atomic E-state index is 7.17. The molecule has 402 valence electrons. The van der Waals surface area contributed by atoms with E-state index in [0.717, 1.165) is 122 Å². The molecule has 6 heterocycles. The summed E-state index contributed by atoms with van der Waals surface area (Å²) in [7, 11) is 0. The monoisotopic (exact) mass is 1100 g/mol. The van der Waals surface area contributed by atoms with Crippen molar-refractivity contribution in [2.24, 2.45) is 0 Å².